The molecule has 0 saturated carbocycles. The van der Waals surface area contributed by atoms with Crippen molar-refractivity contribution < 1.29 is 0 Å². The maximum atomic E-state index is 6.04. The van der Waals surface area contributed by atoms with Crippen LogP contribution >= 0.6 is 22.9 Å². The molecule has 0 fully saturated rings. The lowest BCUT2D eigenvalue weighted by atomic mass is 10.1. The quantitative estimate of drug-likeness (QED) is 0.697. The summed E-state index contributed by atoms with van der Waals surface area (Å²) in [4.78, 5) is 4.48. The first-order chi connectivity index (χ1) is 9.61. The van der Waals surface area contributed by atoms with Crippen molar-refractivity contribution in [2.45, 2.75) is 19.9 Å². The van der Waals surface area contributed by atoms with E-state index >= 15 is 0 Å². The number of aryl methyl sites for hydroxylation is 1. The Morgan fingerprint density at radius 2 is 2.05 bits per heavy atom. The Hall–Kier alpha value is -1.58. The number of aromatic nitrogens is 1. The summed E-state index contributed by atoms with van der Waals surface area (Å²) in [6, 6.07) is 14.4. The zero-order valence-corrected chi connectivity index (χ0v) is 12.9. The summed E-state index contributed by atoms with van der Waals surface area (Å²) in [5.41, 5.74) is 3.35. The number of rotatable bonds is 3. The minimum atomic E-state index is 0.208. The van der Waals surface area contributed by atoms with Crippen LogP contribution in [0, 0.1) is 6.92 Å². The molecule has 1 heterocycles. The van der Waals surface area contributed by atoms with Crippen LogP contribution in [0.25, 0.3) is 10.2 Å². The number of hydrogen-bond donors (Lipinski definition) is 1. The fourth-order valence-electron chi connectivity index (χ4n) is 2.24. The summed E-state index contributed by atoms with van der Waals surface area (Å²) in [6.07, 6.45) is 0. The van der Waals surface area contributed by atoms with Crippen LogP contribution in [0.15, 0.2) is 42.5 Å². The second-order valence-corrected chi connectivity index (χ2v) is 6.51. The van der Waals surface area contributed by atoms with Crippen LogP contribution < -0.4 is 5.32 Å². The minimum Gasteiger partial charge on any atom is -0.378 e. The van der Waals surface area contributed by atoms with E-state index in [0.29, 0.717) is 0 Å². The van der Waals surface area contributed by atoms with Gasteiger partial charge in [-0.1, -0.05) is 23.7 Å². The Kier molecular flexibility index (Phi) is 3.64. The first-order valence-corrected chi connectivity index (χ1v) is 7.70. The van der Waals surface area contributed by atoms with Crippen molar-refractivity contribution in [1.82, 2.24) is 4.98 Å². The molecule has 0 radical (unpaired) electrons. The normalized spacial score (nSPS) is 12.6. The van der Waals surface area contributed by atoms with Crippen molar-refractivity contribution in [2.24, 2.45) is 0 Å². The Labute approximate surface area is 127 Å². The predicted molar refractivity (Wildman–Crippen MR) is 87.8 cm³/mol. The average molecular weight is 303 g/mol. The zero-order chi connectivity index (χ0) is 14.1. The van der Waals surface area contributed by atoms with Crippen LogP contribution in [-0.2, 0) is 0 Å². The highest BCUT2D eigenvalue weighted by molar-refractivity contribution is 7.18. The third-order valence-electron chi connectivity index (χ3n) is 3.23. The number of fused-ring (bicyclic) bond motifs is 1. The van der Waals surface area contributed by atoms with Gasteiger partial charge in [0.25, 0.3) is 0 Å². The molecule has 102 valence electrons. The van der Waals surface area contributed by atoms with Crippen LogP contribution in [0.1, 0.15) is 23.5 Å². The maximum absolute atomic E-state index is 6.04. The summed E-state index contributed by atoms with van der Waals surface area (Å²) >= 11 is 7.76. The number of thiazole rings is 1. The maximum Gasteiger partial charge on any atom is 0.0907 e. The number of anilines is 1. The van der Waals surface area contributed by atoms with Gasteiger partial charge in [0.15, 0.2) is 0 Å². The molecule has 3 aromatic rings. The molecule has 4 heteroatoms. The van der Waals surface area contributed by atoms with Gasteiger partial charge in [0.05, 0.1) is 15.2 Å². The van der Waals surface area contributed by atoms with Crippen LogP contribution in [0.3, 0.4) is 0 Å². The van der Waals surface area contributed by atoms with Gasteiger partial charge in [-0.25, -0.2) is 4.98 Å². The number of hydrogen-bond acceptors (Lipinski definition) is 3. The molecule has 1 N–H and O–H groups in total. The Balaban J connectivity index is 1.85. The van der Waals surface area contributed by atoms with E-state index in [0.717, 1.165) is 21.2 Å². The van der Waals surface area contributed by atoms with Gasteiger partial charge in [0, 0.05) is 16.8 Å². The van der Waals surface area contributed by atoms with Gasteiger partial charge >= 0.3 is 0 Å². The lowest BCUT2D eigenvalue weighted by Gasteiger charge is -2.16. The number of nitrogens with one attached hydrogen (secondary N) is 1. The first-order valence-electron chi connectivity index (χ1n) is 6.51. The summed E-state index contributed by atoms with van der Waals surface area (Å²) in [7, 11) is 0. The molecule has 1 atom stereocenters. The number of nitrogens with zero attached hydrogens (tertiary/aromatic N) is 1. The Bertz CT molecular complexity index is 751. The summed E-state index contributed by atoms with van der Waals surface area (Å²) in [6.45, 7) is 4.17. The molecular formula is C16H15ClN2S. The van der Waals surface area contributed by atoms with E-state index in [1.807, 2.05) is 25.1 Å². The summed E-state index contributed by atoms with van der Waals surface area (Å²) in [5, 5.41) is 5.37. The molecule has 20 heavy (non-hydrogen) atoms. The van der Waals surface area contributed by atoms with Gasteiger partial charge in [-0.3, -0.25) is 0 Å². The molecule has 2 nitrogen and oxygen atoms in total. The summed E-state index contributed by atoms with van der Waals surface area (Å²) in [5.74, 6) is 0. The first kappa shape index (κ1) is 13.4. The highest BCUT2D eigenvalue weighted by Crippen LogP contribution is 2.27. The van der Waals surface area contributed by atoms with Crippen LogP contribution in [0.4, 0.5) is 5.69 Å². The second-order valence-electron chi connectivity index (χ2n) is 4.84. The minimum absolute atomic E-state index is 0.208. The standard InChI is InChI=1S/C16H15ClN2S/c1-10(12-4-3-5-13(17)8-12)18-14-6-7-15-16(9-14)20-11(2)19-15/h3-10,18H,1-2H3. The monoisotopic (exact) mass is 302 g/mol. The number of benzene rings is 2. The van der Waals surface area contributed by atoms with Gasteiger partial charge in [-0.2, -0.15) is 0 Å². The van der Waals surface area contributed by atoms with Crippen molar-refractivity contribution in [3.8, 4) is 0 Å². The largest absolute Gasteiger partial charge is 0.378 e. The van der Waals surface area contributed by atoms with Crippen molar-refractivity contribution in [3.05, 3.63) is 58.1 Å². The SMILES string of the molecule is Cc1nc2ccc(NC(C)c3cccc(Cl)c3)cc2s1. The van der Waals surface area contributed by atoms with E-state index in [2.05, 4.69) is 41.5 Å². The zero-order valence-electron chi connectivity index (χ0n) is 11.4. The molecule has 1 unspecified atom stereocenters. The topological polar surface area (TPSA) is 24.9 Å². The highest BCUT2D eigenvalue weighted by atomic mass is 35.5. The Morgan fingerprint density at radius 1 is 1.20 bits per heavy atom. The van der Waals surface area contributed by atoms with Crippen molar-refractivity contribution >= 4 is 38.8 Å². The summed E-state index contributed by atoms with van der Waals surface area (Å²) < 4.78 is 1.21. The van der Waals surface area contributed by atoms with Crippen molar-refractivity contribution in [2.75, 3.05) is 5.32 Å². The van der Waals surface area contributed by atoms with E-state index in [9.17, 15) is 0 Å². The van der Waals surface area contributed by atoms with E-state index in [4.69, 9.17) is 11.6 Å². The fraction of sp³-hybridized carbons (Fsp3) is 0.188. The van der Waals surface area contributed by atoms with Crippen molar-refractivity contribution in [1.29, 1.82) is 0 Å². The van der Waals surface area contributed by atoms with Gasteiger partial charge in [0.2, 0.25) is 0 Å². The fourth-order valence-corrected chi connectivity index (χ4v) is 3.30. The van der Waals surface area contributed by atoms with Gasteiger partial charge in [0.1, 0.15) is 0 Å². The van der Waals surface area contributed by atoms with Gasteiger partial charge in [-0.05, 0) is 49.7 Å². The molecule has 0 saturated heterocycles. The Morgan fingerprint density at radius 3 is 2.85 bits per heavy atom. The second kappa shape index (κ2) is 5.43. The smallest absolute Gasteiger partial charge is 0.0907 e. The molecule has 1 aromatic heterocycles. The molecule has 0 spiro atoms. The molecule has 3 rings (SSSR count). The van der Waals surface area contributed by atoms with Crippen LogP contribution in [-0.4, -0.2) is 4.98 Å². The molecule has 2 aromatic carbocycles. The molecule has 0 aliphatic carbocycles. The molecule has 0 aliphatic rings. The molecule has 0 aliphatic heterocycles. The van der Waals surface area contributed by atoms with E-state index in [1.165, 1.54) is 10.3 Å². The van der Waals surface area contributed by atoms with E-state index < -0.39 is 0 Å². The number of halogens is 1. The van der Waals surface area contributed by atoms with Crippen LogP contribution in [0.5, 0.6) is 0 Å². The highest BCUT2D eigenvalue weighted by Gasteiger charge is 2.07. The predicted octanol–water partition coefficient (Wildman–Crippen LogP) is 5.43. The average Bonchev–Trinajstić information content (AvgIpc) is 2.78. The van der Waals surface area contributed by atoms with Crippen molar-refractivity contribution in [3.63, 3.8) is 0 Å². The molecular weight excluding hydrogens is 288 g/mol. The third-order valence-corrected chi connectivity index (χ3v) is 4.40. The molecule has 0 amide bonds. The van der Waals surface area contributed by atoms with Gasteiger partial charge < -0.3 is 5.32 Å². The van der Waals surface area contributed by atoms with Crippen LogP contribution in [0.2, 0.25) is 5.02 Å². The van der Waals surface area contributed by atoms with E-state index in [-0.39, 0.29) is 6.04 Å². The lowest BCUT2D eigenvalue weighted by molar-refractivity contribution is 0.885. The molecule has 0 bridgehead atoms. The van der Waals surface area contributed by atoms with E-state index in [1.54, 1.807) is 11.3 Å². The third kappa shape index (κ3) is 2.79. The lowest BCUT2D eigenvalue weighted by Crippen LogP contribution is -2.06. The van der Waals surface area contributed by atoms with Gasteiger partial charge in [-0.15, -0.1) is 11.3 Å².